The molecule has 0 aromatic heterocycles. The minimum Gasteiger partial charge on any atom is -0.424 e. The van der Waals surface area contributed by atoms with Crippen LogP contribution in [0.4, 0.5) is 0 Å². The van der Waals surface area contributed by atoms with Crippen LogP contribution in [0.2, 0.25) is 4.66 Å². The van der Waals surface area contributed by atoms with E-state index in [9.17, 15) is 0 Å². The Hall–Kier alpha value is 0.354. The van der Waals surface area contributed by atoms with Crippen LogP contribution in [0.25, 0.3) is 0 Å². The third-order valence-electron chi connectivity index (χ3n) is 2.89. The quantitative estimate of drug-likeness (QED) is 0.617. The van der Waals surface area contributed by atoms with Crippen LogP contribution >= 0.6 is 0 Å². The van der Waals surface area contributed by atoms with E-state index in [0.717, 1.165) is 13.2 Å². The van der Waals surface area contributed by atoms with Crippen LogP contribution in [0.1, 0.15) is 39.5 Å². The lowest BCUT2D eigenvalue weighted by Gasteiger charge is -2.26. The maximum Gasteiger partial charge on any atom is 0.166 e. The van der Waals surface area contributed by atoms with E-state index in [0.29, 0.717) is 4.66 Å². The van der Waals surface area contributed by atoms with Crippen molar-refractivity contribution in [1.82, 2.24) is 0 Å². The topological polar surface area (TPSA) is 18.5 Å². The van der Waals surface area contributed by atoms with E-state index in [-0.39, 0.29) is 19.5 Å². The number of rotatable bonds is 6. The highest BCUT2D eigenvalue weighted by atomic mass is 28.3. The molecule has 0 amide bonds. The first-order valence-electron chi connectivity index (χ1n) is 5.48. The van der Waals surface area contributed by atoms with Crippen molar-refractivity contribution in [3.8, 4) is 0 Å². The van der Waals surface area contributed by atoms with Crippen LogP contribution < -0.4 is 0 Å². The molecule has 1 aliphatic carbocycles. The van der Waals surface area contributed by atoms with Crippen molar-refractivity contribution in [3.05, 3.63) is 0 Å². The van der Waals surface area contributed by atoms with Crippen molar-refractivity contribution in [2.45, 2.75) is 44.2 Å². The molecule has 0 aliphatic heterocycles. The van der Waals surface area contributed by atoms with E-state index in [1.165, 1.54) is 25.7 Å². The second-order valence-corrected chi connectivity index (χ2v) is 9.38. The number of hydrogen-bond acceptors (Lipinski definition) is 2. The van der Waals surface area contributed by atoms with Gasteiger partial charge in [0.25, 0.3) is 0 Å². The molecule has 0 saturated heterocycles. The van der Waals surface area contributed by atoms with Gasteiger partial charge in [-0.3, -0.25) is 0 Å². The lowest BCUT2D eigenvalue weighted by molar-refractivity contribution is 0.322. The molecule has 0 bridgehead atoms. The summed E-state index contributed by atoms with van der Waals surface area (Å²) in [5, 5.41) is 0. The zero-order valence-corrected chi connectivity index (χ0v) is 11.8. The fourth-order valence-electron chi connectivity index (χ4n) is 2.09. The highest BCUT2D eigenvalue weighted by molar-refractivity contribution is 6.55. The Balaban J connectivity index is 2.33. The maximum atomic E-state index is 5.71. The second kappa shape index (κ2) is 5.95. The molecule has 0 unspecified atom stereocenters. The van der Waals surface area contributed by atoms with E-state index in [2.05, 4.69) is 13.8 Å². The summed E-state index contributed by atoms with van der Waals surface area (Å²) in [7, 11) is -0.605. The van der Waals surface area contributed by atoms with Gasteiger partial charge in [-0.05, 0) is 31.4 Å². The molecule has 0 heterocycles. The van der Waals surface area contributed by atoms with Gasteiger partial charge in [0.15, 0.2) is 19.5 Å². The van der Waals surface area contributed by atoms with E-state index >= 15 is 0 Å². The van der Waals surface area contributed by atoms with Crippen LogP contribution in [0, 0.1) is 0 Å². The molecule has 78 valence electrons. The molecule has 1 fully saturated rings. The molecule has 4 heteroatoms. The minimum absolute atomic E-state index is 0.303. The standard InChI is InChI=1S/C9H22O2Si2/c1-3-10-12-9(13-11-4-2)7-5-6-8-9/h3-8,12-13H2,1-2H3. The van der Waals surface area contributed by atoms with Crippen LogP contribution in [-0.2, 0) is 8.85 Å². The molecule has 1 rings (SSSR count). The molecule has 0 radical (unpaired) electrons. The van der Waals surface area contributed by atoms with E-state index in [1.54, 1.807) is 0 Å². The van der Waals surface area contributed by atoms with Crippen molar-refractivity contribution in [3.63, 3.8) is 0 Å². The second-order valence-electron chi connectivity index (χ2n) is 3.98. The van der Waals surface area contributed by atoms with Gasteiger partial charge in [0.2, 0.25) is 0 Å². The van der Waals surface area contributed by atoms with Gasteiger partial charge in [-0.2, -0.15) is 0 Å². The summed E-state index contributed by atoms with van der Waals surface area (Å²) >= 11 is 0. The summed E-state index contributed by atoms with van der Waals surface area (Å²) in [6.45, 7) is 6.04. The Morgan fingerprint density at radius 3 is 1.85 bits per heavy atom. The molecule has 1 aliphatic rings. The molecule has 2 nitrogen and oxygen atoms in total. The predicted octanol–water partition coefficient (Wildman–Crippen LogP) is 0.917. The first kappa shape index (κ1) is 11.4. The molecule has 0 N–H and O–H groups in total. The zero-order chi connectivity index (χ0) is 9.57. The fourth-order valence-corrected chi connectivity index (χ4v) is 6.14. The molecule has 0 aromatic rings. The molecule has 0 spiro atoms. The Morgan fingerprint density at radius 1 is 1.00 bits per heavy atom. The lowest BCUT2D eigenvalue weighted by Crippen LogP contribution is -2.28. The SMILES string of the molecule is CCO[SiH2]C1([SiH2]OCC)CCCC1. The van der Waals surface area contributed by atoms with Gasteiger partial charge in [0.1, 0.15) is 0 Å². The van der Waals surface area contributed by atoms with Gasteiger partial charge in [-0.25, -0.2) is 0 Å². The van der Waals surface area contributed by atoms with Crippen molar-refractivity contribution in [2.75, 3.05) is 13.2 Å². The van der Waals surface area contributed by atoms with Crippen molar-refractivity contribution in [1.29, 1.82) is 0 Å². The summed E-state index contributed by atoms with van der Waals surface area (Å²) in [6, 6.07) is 0. The molecule has 0 atom stereocenters. The first-order valence-corrected chi connectivity index (χ1v) is 8.05. The average Bonchev–Trinajstić information content (AvgIpc) is 2.61. The van der Waals surface area contributed by atoms with Crippen LogP contribution in [0.5, 0.6) is 0 Å². The highest BCUT2D eigenvalue weighted by Crippen LogP contribution is 2.43. The Morgan fingerprint density at radius 2 is 1.46 bits per heavy atom. The van der Waals surface area contributed by atoms with E-state index < -0.39 is 0 Å². The average molecular weight is 218 g/mol. The lowest BCUT2D eigenvalue weighted by atomic mass is 10.3. The molecule has 13 heavy (non-hydrogen) atoms. The van der Waals surface area contributed by atoms with Gasteiger partial charge in [0, 0.05) is 13.2 Å². The number of hydrogen-bond donors (Lipinski definition) is 0. The monoisotopic (exact) mass is 218 g/mol. The smallest absolute Gasteiger partial charge is 0.166 e. The third kappa shape index (κ3) is 3.54. The molecule has 0 aromatic carbocycles. The normalized spacial score (nSPS) is 22.6. The van der Waals surface area contributed by atoms with Crippen molar-refractivity contribution < 1.29 is 8.85 Å². The summed E-state index contributed by atoms with van der Waals surface area (Å²) in [6.07, 6.45) is 5.65. The predicted molar refractivity (Wildman–Crippen MR) is 61.5 cm³/mol. The molecule has 1 saturated carbocycles. The Bertz CT molecular complexity index is 126. The van der Waals surface area contributed by atoms with Crippen LogP contribution in [0.15, 0.2) is 0 Å². The first-order chi connectivity index (χ1) is 6.33. The summed E-state index contributed by atoms with van der Waals surface area (Å²) in [5.41, 5.74) is 0. The van der Waals surface area contributed by atoms with Crippen molar-refractivity contribution in [2.24, 2.45) is 0 Å². The molecular formula is C9H22O2Si2. The Labute approximate surface area is 86.3 Å². The van der Waals surface area contributed by atoms with Gasteiger partial charge < -0.3 is 8.85 Å². The maximum absolute atomic E-state index is 5.71. The summed E-state index contributed by atoms with van der Waals surface area (Å²) < 4.78 is 12.1. The van der Waals surface area contributed by atoms with E-state index in [4.69, 9.17) is 8.85 Å². The summed E-state index contributed by atoms with van der Waals surface area (Å²) in [5.74, 6) is 0. The highest BCUT2D eigenvalue weighted by Gasteiger charge is 2.35. The van der Waals surface area contributed by atoms with Crippen LogP contribution in [0.3, 0.4) is 0 Å². The third-order valence-corrected chi connectivity index (χ3v) is 7.98. The molecular weight excluding hydrogens is 196 g/mol. The Kier molecular flexibility index (Phi) is 5.23. The van der Waals surface area contributed by atoms with Crippen LogP contribution in [-0.4, -0.2) is 32.7 Å². The van der Waals surface area contributed by atoms with Gasteiger partial charge >= 0.3 is 0 Å². The van der Waals surface area contributed by atoms with Gasteiger partial charge in [-0.15, -0.1) is 0 Å². The zero-order valence-electron chi connectivity index (χ0n) is 8.97. The largest absolute Gasteiger partial charge is 0.424 e. The minimum atomic E-state index is -0.303. The van der Waals surface area contributed by atoms with Gasteiger partial charge in [-0.1, -0.05) is 12.8 Å². The van der Waals surface area contributed by atoms with Gasteiger partial charge in [0.05, 0.1) is 0 Å². The van der Waals surface area contributed by atoms with Crippen molar-refractivity contribution >= 4 is 19.5 Å². The fraction of sp³-hybridized carbons (Fsp3) is 1.00. The summed E-state index contributed by atoms with van der Waals surface area (Å²) in [4.78, 5) is 0. The van der Waals surface area contributed by atoms with E-state index in [1.807, 2.05) is 0 Å².